The molecule has 0 spiro atoms. The largest absolute Gasteiger partial charge is 0.338 e. The van der Waals surface area contributed by atoms with Crippen molar-refractivity contribution >= 4 is 17.6 Å². The van der Waals surface area contributed by atoms with Crippen molar-refractivity contribution in [3.05, 3.63) is 47.3 Å². The number of benzene rings is 1. The highest BCUT2D eigenvalue weighted by atomic mass is 19.1. The minimum absolute atomic E-state index is 0.126. The van der Waals surface area contributed by atoms with E-state index in [1.807, 2.05) is 27.7 Å². The standard InChI is InChI=1S/C16H19F2N5O2/c1-9-7-13(22-23(9)16(2,3)4)14(24)20-21-15(25)19-12-6-5-10(17)8-11(12)18/h5-8H,1-4H3,(H,20,24)(H2,19,21,25). The molecule has 0 radical (unpaired) electrons. The Labute approximate surface area is 143 Å². The Morgan fingerprint density at radius 1 is 1.12 bits per heavy atom. The van der Waals surface area contributed by atoms with Crippen LogP contribution >= 0.6 is 0 Å². The van der Waals surface area contributed by atoms with Crippen LogP contribution in [0.4, 0.5) is 19.3 Å². The molecule has 1 aromatic carbocycles. The number of halogens is 2. The number of rotatable bonds is 2. The Kier molecular flexibility index (Phi) is 5.05. The van der Waals surface area contributed by atoms with Crippen LogP contribution in [0.2, 0.25) is 0 Å². The smallest absolute Gasteiger partial charge is 0.304 e. The van der Waals surface area contributed by atoms with E-state index < -0.39 is 23.6 Å². The molecule has 9 heteroatoms. The van der Waals surface area contributed by atoms with Gasteiger partial charge in [0.15, 0.2) is 5.69 Å². The maximum absolute atomic E-state index is 13.5. The van der Waals surface area contributed by atoms with E-state index in [1.165, 1.54) is 0 Å². The first-order valence-corrected chi connectivity index (χ1v) is 7.47. The van der Waals surface area contributed by atoms with Gasteiger partial charge in [-0.15, -0.1) is 0 Å². The van der Waals surface area contributed by atoms with Crippen LogP contribution in [-0.4, -0.2) is 21.7 Å². The summed E-state index contributed by atoms with van der Waals surface area (Å²) >= 11 is 0. The lowest BCUT2D eigenvalue weighted by Crippen LogP contribution is -2.44. The van der Waals surface area contributed by atoms with Gasteiger partial charge in [0.1, 0.15) is 11.6 Å². The summed E-state index contributed by atoms with van der Waals surface area (Å²) in [5, 5.41) is 6.35. The summed E-state index contributed by atoms with van der Waals surface area (Å²) in [6.07, 6.45) is 0. The number of hydrogen-bond acceptors (Lipinski definition) is 3. The van der Waals surface area contributed by atoms with Crippen LogP contribution in [0.3, 0.4) is 0 Å². The van der Waals surface area contributed by atoms with E-state index in [4.69, 9.17) is 0 Å². The number of nitrogens with one attached hydrogen (secondary N) is 3. The minimum Gasteiger partial charge on any atom is -0.304 e. The summed E-state index contributed by atoms with van der Waals surface area (Å²) in [6.45, 7) is 7.64. The second-order valence-electron chi connectivity index (χ2n) is 6.41. The molecule has 3 amide bonds. The van der Waals surface area contributed by atoms with Gasteiger partial charge in [0.25, 0.3) is 5.91 Å². The maximum atomic E-state index is 13.5. The Hall–Kier alpha value is -2.97. The lowest BCUT2D eigenvalue weighted by molar-refractivity contribution is 0.0931. The third-order valence-electron chi connectivity index (χ3n) is 3.22. The lowest BCUT2D eigenvalue weighted by atomic mass is 10.1. The maximum Gasteiger partial charge on any atom is 0.338 e. The zero-order valence-corrected chi connectivity index (χ0v) is 14.3. The van der Waals surface area contributed by atoms with Crippen LogP contribution < -0.4 is 16.2 Å². The number of hydrogen-bond donors (Lipinski definition) is 3. The van der Waals surface area contributed by atoms with E-state index >= 15 is 0 Å². The van der Waals surface area contributed by atoms with E-state index in [0.717, 1.165) is 17.8 Å². The predicted octanol–water partition coefficient (Wildman–Crippen LogP) is 2.69. The van der Waals surface area contributed by atoms with E-state index in [2.05, 4.69) is 21.3 Å². The minimum atomic E-state index is -0.930. The second-order valence-corrected chi connectivity index (χ2v) is 6.41. The van der Waals surface area contributed by atoms with Crippen molar-refractivity contribution in [1.82, 2.24) is 20.6 Å². The molecule has 0 unspecified atom stereocenters. The summed E-state index contributed by atoms with van der Waals surface area (Å²) in [5.41, 5.74) is 4.64. The number of nitrogens with zero attached hydrogens (tertiary/aromatic N) is 2. The molecule has 0 aliphatic heterocycles. The van der Waals surface area contributed by atoms with Crippen LogP contribution in [0, 0.1) is 18.6 Å². The zero-order valence-electron chi connectivity index (χ0n) is 14.3. The number of aromatic nitrogens is 2. The number of hydrazine groups is 1. The van der Waals surface area contributed by atoms with E-state index in [9.17, 15) is 18.4 Å². The van der Waals surface area contributed by atoms with Gasteiger partial charge >= 0.3 is 6.03 Å². The fraction of sp³-hybridized carbons (Fsp3) is 0.312. The third-order valence-corrected chi connectivity index (χ3v) is 3.22. The third kappa shape index (κ3) is 4.52. The molecule has 0 saturated carbocycles. The quantitative estimate of drug-likeness (QED) is 0.727. The van der Waals surface area contributed by atoms with Gasteiger partial charge in [-0.05, 0) is 45.9 Å². The molecule has 0 aliphatic rings. The van der Waals surface area contributed by atoms with Crippen molar-refractivity contribution in [2.45, 2.75) is 33.2 Å². The van der Waals surface area contributed by atoms with Crippen LogP contribution in [0.1, 0.15) is 37.0 Å². The van der Waals surface area contributed by atoms with Gasteiger partial charge in [-0.3, -0.25) is 14.9 Å². The molecule has 0 bridgehead atoms. The monoisotopic (exact) mass is 351 g/mol. The summed E-state index contributed by atoms with van der Waals surface area (Å²) in [6, 6.07) is 3.40. The molecule has 25 heavy (non-hydrogen) atoms. The Morgan fingerprint density at radius 2 is 1.80 bits per heavy atom. The highest BCUT2D eigenvalue weighted by molar-refractivity contribution is 5.95. The first-order chi connectivity index (χ1) is 11.6. The Morgan fingerprint density at radius 3 is 2.36 bits per heavy atom. The molecular formula is C16H19F2N5O2. The van der Waals surface area contributed by atoms with Crippen molar-refractivity contribution in [1.29, 1.82) is 0 Å². The summed E-state index contributed by atoms with van der Waals surface area (Å²) < 4.78 is 28.0. The molecule has 1 heterocycles. The van der Waals surface area contributed by atoms with Gasteiger partial charge in [0.05, 0.1) is 11.2 Å². The molecular weight excluding hydrogens is 332 g/mol. The molecule has 7 nitrogen and oxygen atoms in total. The van der Waals surface area contributed by atoms with E-state index in [-0.39, 0.29) is 16.9 Å². The molecule has 2 rings (SSSR count). The van der Waals surface area contributed by atoms with Gasteiger partial charge in [0, 0.05) is 11.8 Å². The van der Waals surface area contributed by atoms with Crippen molar-refractivity contribution in [2.75, 3.05) is 5.32 Å². The topological polar surface area (TPSA) is 88.1 Å². The van der Waals surface area contributed by atoms with Gasteiger partial charge in [-0.1, -0.05) is 0 Å². The molecule has 0 atom stereocenters. The molecule has 1 aromatic heterocycles. The van der Waals surface area contributed by atoms with Gasteiger partial charge in [-0.25, -0.2) is 19.0 Å². The first-order valence-electron chi connectivity index (χ1n) is 7.47. The first kappa shape index (κ1) is 18.4. The highest BCUT2D eigenvalue weighted by Gasteiger charge is 2.20. The number of anilines is 1. The molecule has 2 aromatic rings. The van der Waals surface area contributed by atoms with Crippen LogP contribution in [0.15, 0.2) is 24.3 Å². The zero-order chi connectivity index (χ0) is 18.8. The number of aryl methyl sites for hydroxylation is 1. The van der Waals surface area contributed by atoms with Crippen molar-refractivity contribution in [3.8, 4) is 0 Å². The summed E-state index contributed by atoms with van der Waals surface area (Å²) in [7, 11) is 0. The van der Waals surface area contributed by atoms with Crippen LogP contribution in [0.5, 0.6) is 0 Å². The normalized spacial score (nSPS) is 11.1. The van der Waals surface area contributed by atoms with Crippen LogP contribution in [-0.2, 0) is 5.54 Å². The number of amides is 3. The van der Waals surface area contributed by atoms with Crippen molar-refractivity contribution in [3.63, 3.8) is 0 Å². The van der Waals surface area contributed by atoms with Gasteiger partial charge in [-0.2, -0.15) is 5.10 Å². The van der Waals surface area contributed by atoms with Crippen molar-refractivity contribution < 1.29 is 18.4 Å². The Balaban J connectivity index is 1.97. The fourth-order valence-corrected chi connectivity index (χ4v) is 2.19. The SMILES string of the molecule is Cc1cc(C(=O)NNC(=O)Nc2ccc(F)cc2F)nn1C(C)(C)C. The number of carbonyl (C=O) groups excluding carboxylic acids is 2. The van der Waals surface area contributed by atoms with E-state index in [1.54, 1.807) is 10.7 Å². The molecule has 0 aliphatic carbocycles. The average Bonchev–Trinajstić information content (AvgIpc) is 2.90. The summed E-state index contributed by atoms with van der Waals surface area (Å²) in [4.78, 5) is 23.7. The highest BCUT2D eigenvalue weighted by Crippen LogP contribution is 2.17. The summed E-state index contributed by atoms with van der Waals surface area (Å²) in [5.74, 6) is -2.32. The number of urea groups is 1. The average molecular weight is 351 g/mol. The van der Waals surface area contributed by atoms with Gasteiger partial charge in [0.2, 0.25) is 0 Å². The van der Waals surface area contributed by atoms with E-state index in [0.29, 0.717) is 6.07 Å². The van der Waals surface area contributed by atoms with Gasteiger partial charge < -0.3 is 5.32 Å². The lowest BCUT2D eigenvalue weighted by Gasteiger charge is -2.21. The molecule has 134 valence electrons. The van der Waals surface area contributed by atoms with Crippen molar-refractivity contribution in [2.24, 2.45) is 0 Å². The molecule has 0 saturated heterocycles. The number of carbonyl (C=O) groups is 2. The van der Waals surface area contributed by atoms with Crippen LogP contribution in [0.25, 0.3) is 0 Å². The molecule has 3 N–H and O–H groups in total. The second kappa shape index (κ2) is 6.88. The predicted molar refractivity (Wildman–Crippen MR) is 87.9 cm³/mol. The Bertz CT molecular complexity index is 811. The molecule has 0 fully saturated rings. The fourth-order valence-electron chi connectivity index (χ4n) is 2.19.